The zero-order valence-corrected chi connectivity index (χ0v) is 10.2. The number of aromatic nitrogens is 5. The van der Waals surface area contributed by atoms with E-state index in [0.29, 0.717) is 11.5 Å². The lowest BCUT2D eigenvalue weighted by molar-refractivity contribution is 0.543. The molecule has 0 saturated heterocycles. The van der Waals surface area contributed by atoms with Crippen molar-refractivity contribution in [2.24, 2.45) is 7.05 Å². The topological polar surface area (TPSA) is 107 Å². The van der Waals surface area contributed by atoms with Gasteiger partial charge >= 0.3 is 5.69 Å². The van der Waals surface area contributed by atoms with Gasteiger partial charge in [-0.3, -0.25) is 14.3 Å². The first-order chi connectivity index (χ1) is 9.06. The molecule has 3 aromatic rings. The van der Waals surface area contributed by atoms with Gasteiger partial charge in [0.25, 0.3) is 5.56 Å². The normalized spacial score (nSPS) is 11.1. The average Bonchev–Trinajstić information content (AvgIpc) is 2.83. The molecule has 0 fully saturated rings. The maximum Gasteiger partial charge on any atom is 0.329 e. The number of fused-ring (bicyclic) bond motifs is 1. The van der Waals surface area contributed by atoms with Crippen LogP contribution in [0.3, 0.4) is 0 Å². The van der Waals surface area contributed by atoms with E-state index in [0.717, 1.165) is 4.57 Å². The molecule has 1 N–H and O–H groups in total. The second-order valence-corrected chi connectivity index (χ2v) is 4.04. The monoisotopic (exact) mass is 259 g/mol. The molecule has 0 aromatic carbocycles. The molecule has 3 rings (SSSR count). The van der Waals surface area contributed by atoms with Gasteiger partial charge in [-0.1, -0.05) is 0 Å². The highest BCUT2D eigenvalue weighted by Gasteiger charge is 2.12. The molecule has 19 heavy (non-hydrogen) atoms. The van der Waals surface area contributed by atoms with Crippen LogP contribution in [-0.2, 0) is 7.05 Å². The van der Waals surface area contributed by atoms with Gasteiger partial charge in [0.05, 0.1) is 0 Å². The first-order valence-electron chi connectivity index (χ1n) is 5.47. The van der Waals surface area contributed by atoms with Crippen molar-refractivity contribution in [2.45, 2.75) is 6.92 Å². The van der Waals surface area contributed by atoms with E-state index in [-0.39, 0.29) is 17.0 Å². The van der Waals surface area contributed by atoms with E-state index < -0.39 is 11.2 Å². The Morgan fingerprint density at radius 1 is 1.26 bits per heavy atom. The van der Waals surface area contributed by atoms with Gasteiger partial charge in [0.15, 0.2) is 16.9 Å². The molecule has 3 aromatic heterocycles. The van der Waals surface area contributed by atoms with Crippen molar-refractivity contribution < 1.29 is 4.42 Å². The number of aryl methyl sites for hydroxylation is 1. The molecule has 0 amide bonds. The summed E-state index contributed by atoms with van der Waals surface area (Å²) in [6.45, 7) is 1.79. The van der Waals surface area contributed by atoms with Gasteiger partial charge in [0.1, 0.15) is 5.76 Å². The van der Waals surface area contributed by atoms with Crippen LogP contribution in [0.2, 0.25) is 0 Å². The minimum Gasteiger partial charge on any atom is -0.458 e. The fourth-order valence-corrected chi connectivity index (χ4v) is 1.65. The van der Waals surface area contributed by atoms with E-state index in [1.54, 1.807) is 19.1 Å². The maximum atomic E-state index is 11.9. The molecule has 0 saturated carbocycles. The average molecular weight is 259 g/mol. The van der Waals surface area contributed by atoms with Crippen molar-refractivity contribution >= 4 is 11.2 Å². The number of rotatable bonds is 1. The molecule has 0 aliphatic heterocycles. The molecule has 0 radical (unpaired) electrons. The second-order valence-electron chi connectivity index (χ2n) is 4.04. The number of H-pyrrole nitrogens is 1. The van der Waals surface area contributed by atoms with Gasteiger partial charge in [-0.15, -0.1) is 10.2 Å². The third-order valence-electron chi connectivity index (χ3n) is 2.68. The van der Waals surface area contributed by atoms with Crippen LogP contribution >= 0.6 is 0 Å². The van der Waals surface area contributed by atoms with Gasteiger partial charge in [0.2, 0.25) is 5.82 Å². The minimum absolute atomic E-state index is 0.0427. The fraction of sp³-hybridized carbons (Fsp3) is 0.182. The summed E-state index contributed by atoms with van der Waals surface area (Å²) in [6.07, 6.45) is 0. The number of nitrogens with zero attached hydrogens (tertiary/aromatic N) is 4. The third kappa shape index (κ3) is 1.73. The molecule has 3 heterocycles. The summed E-state index contributed by atoms with van der Waals surface area (Å²) in [5, 5.41) is 7.62. The molecule has 0 atom stereocenters. The van der Waals surface area contributed by atoms with Gasteiger partial charge in [-0.25, -0.2) is 9.78 Å². The SMILES string of the molecule is Cc1ccc(-c2nnc3[nH]c(=O)n(C)c(=O)c3n2)o1. The summed E-state index contributed by atoms with van der Waals surface area (Å²) in [5.41, 5.74) is -0.991. The van der Waals surface area contributed by atoms with E-state index in [4.69, 9.17) is 4.42 Å². The molecule has 8 heteroatoms. The Labute approximate surface area is 105 Å². The molecule has 0 unspecified atom stereocenters. The number of nitrogens with one attached hydrogen (secondary N) is 1. The number of aromatic amines is 1. The Hall–Kier alpha value is -2.77. The molecule has 0 aliphatic rings. The Morgan fingerprint density at radius 2 is 2.05 bits per heavy atom. The van der Waals surface area contributed by atoms with Crippen LogP contribution in [0, 0.1) is 6.92 Å². The van der Waals surface area contributed by atoms with Crippen LogP contribution in [0.25, 0.3) is 22.7 Å². The van der Waals surface area contributed by atoms with Crippen LogP contribution in [0.4, 0.5) is 0 Å². The van der Waals surface area contributed by atoms with Crippen molar-refractivity contribution in [3.05, 3.63) is 38.7 Å². The fourth-order valence-electron chi connectivity index (χ4n) is 1.65. The molecule has 0 bridgehead atoms. The van der Waals surface area contributed by atoms with Gasteiger partial charge in [-0.05, 0) is 19.1 Å². The molecule has 8 nitrogen and oxygen atoms in total. The standard InChI is InChI=1S/C11H9N5O3/c1-5-3-4-6(19-5)8-12-7-9(15-14-8)13-11(18)16(2)10(7)17/h3-4H,1-2H3,(H,13,15,18). The van der Waals surface area contributed by atoms with Crippen molar-refractivity contribution in [3.8, 4) is 11.6 Å². The third-order valence-corrected chi connectivity index (χ3v) is 2.68. The van der Waals surface area contributed by atoms with Gasteiger partial charge in [-0.2, -0.15) is 0 Å². The van der Waals surface area contributed by atoms with E-state index in [9.17, 15) is 9.59 Å². The Morgan fingerprint density at radius 3 is 2.74 bits per heavy atom. The van der Waals surface area contributed by atoms with Crippen LogP contribution < -0.4 is 11.2 Å². The van der Waals surface area contributed by atoms with E-state index >= 15 is 0 Å². The highest BCUT2D eigenvalue weighted by molar-refractivity contribution is 5.69. The van der Waals surface area contributed by atoms with Crippen molar-refractivity contribution in [2.75, 3.05) is 0 Å². The van der Waals surface area contributed by atoms with Crippen LogP contribution in [-0.4, -0.2) is 24.7 Å². The zero-order chi connectivity index (χ0) is 13.6. The van der Waals surface area contributed by atoms with E-state index in [1.807, 2.05) is 0 Å². The number of hydrogen-bond acceptors (Lipinski definition) is 6. The first-order valence-corrected chi connectivity index (χ1v) is 5.47. The van der Waals surface area contributed by atoms with Crippen molar-refractivity contribution in [1.29, 1.82) is 0 Å². The first kappa shape index (κ1) is 11.3. The summed E-state index contributed by atoms with van der Waals surface area (Å²) in [5.74, 6) is 1.32. The Balaban J connectivity index is 2.32. The van der Waals surface area contributed by atoms with Crippen LogP contribution in [0.15, 0.2) is 26.1 Å². The summed E-state index contributed by atoms with van der Waals surface area (Å²) in [4.78, 5) is 29.8. The largest absolute Gasteiger partial charge is 0.458 e. The zero-order valence-electron chi connectivity index (χ0n) is 10.2. The predicted octanol–water partition coefficient (Wildman–Crippen LogP) is -0.0198. The highest BCUT2D eigenvalue weighted by Crippen LogP contribution is 2.17. The van der Waals surface area contributed by atoms with E-state index in [1.165, 1.54) is 7.05 Å². The number of hydrogen-bond donors (Lipinski definition) is 1. The van der Waals surface area contributed by atoms with Crippen LogP contribution in [0.5, 0.6) is 0 Å². The lowest BCUT2D eigenvalue weighted by Gasteiger charge is -2.00. The predicted molar refractivity (Wildman–Crippen MR) is 65.6 cm³/mol. The quantitative estimate of drug-likeness (QED) is 0.658. The summed E-state index contributed by atoms with van der Waals surface area (Å²) < 4.78 is 6.29. The van der Waals surface area contributed by atoms with Gasteiger partial charge < -0.3 is 4.42 Å². The van der Waals surface area contributed by atoms with E-state index in [2.05, 4.69) is 20.2 Å². The number of furan rings is 1. The Kier molecular flexibility index (Phi) is 2.31. The molecular formula is C11H9N5O3. The van der Waals surface area contributed by atoms with Crippen molar-refractivity contribution in [1.82, 2.24) is 24.7 Å². The summed E-state index contributed by atoms with van der Waals surface area (Å²) >= 11 is 0. The molecule has 0 spiro atoms. The van der Waals surface area contributed by atoms with Crippen molar-refractivity contribution in [3.63, 3.8) is 0 Å². The summed E-state index contributed by atoms with van der Waals surface area (Å²) in [7, 11) is 1.36. The lowest BCUT2D eigenvalue weighted by atomic mass is 10.4. The smallest absolute Gasteiger partial charge is 0.329 e. The van der Waals surface area contributed by atoms with Gasteiger partial charge in [0, 0.05) is 7.05 Å². The molecular weight excluding hydrogens is 250 g/mol. The minimum atomic E-state index is -0.560. The lowest BCUT2D eigenvalue weighted by Crippen LogP contribution is -2.33. The van der Waals surface area contributed by atoms with Crippen LogP contribution in [0.1, 0.15) is 5.76 Å². The molecule has 0 aliphatic carbocycles. The summed E-state index contributed by atoms with van der Waals surface area (Å²) in [6, 6.07) is 3.45. The highest BCUT2D eigenvalue weighted by atomic mass is 16.3. The molecule has 96 valence electrons. The second kappa shape index (κ2) is 3.87. The Bertz CT molecular complexity index is 889. The maximum absolute atomic E-state index is 11.9.